The topological polar surface area (TPSA) is 63.8 Å². The molecule has 0 spiro atoms. The van der Waals surface area contributed by atoms with Crippen molar-refractivity contribution in [3.8, 4) is 11.1 Å². The number of aromatic amines is 1. The first-order chi connectivity index (χ1) is 10.7. The third-order valence-electron chi connectivity index (χ3n) is 4.12. The Morgan fingerprint density at radius 2 is 2.14 bits per heavy atom. The molecule has 5 heteroatoms. The van der Waals surface area contributed by atoms with E-state index < -0.39 is 0 Å². The van der Waals surface area contributed by atoms with Gasteiger partial charge in [0.15, 0.2) is 5.58 Å². The van der Waals surface area contributed by atoms with Crippen LogP contribution in [0.4, 0.5) is 0 Å². The molecule has 110 valence electrons. The Morgan fingerprint density at radius 1 is 1.27 bits per heavy atom. The minimum absolute atomic E-state index is 0.348. The van der Waals surface area contributed by atoms with E-state index in [0.29, 0.717) is 5.58 Å². The van der Waals surface area contributed by atoms with Gasteiger partial charge in [-0.25, -0.2) is 9.78 Å². The summed E-state index contributed by atoms with van der Waals surface area (Å²) in [6.45, 7) is 2.12. The van der Waals surface area contributed by atoms with Crippen molar-refractivity contribution in [1.29, 1.82) is 0 Å². The number of fused-ring (bicyclic) bond motifs is 2. The van der Waals surface area contributed by atoms with Crippen LogP contribution in [0, 0.1) is 0 Å². The number of aromatic nitrogens is 3. The molecule has 22 heavy (non-hydrogen) atoms. The molecule has 0 saturated heterocycles. The molecule has 1 N–H and O–H groups in total. The van der Waals surface area contributed by atoms with Gasteiger partial charge < -0.3 is 9.40 Å². The average molecular weight is 293 g/mol. The summed E-state index contributed by atoms with van der Waals surface area (Å²) < 4.78 is 6.76. The fraction of sp³-hybridized carbons (Fsp3) is 0.176. The molecule has 4 aromatic rings. The molecule has 0 fully saturated rings. The molecule has 5 nitrogen and oxygen atoms in total. The lowest BCUT2D eigenvalue weighted by molar-refractivity contribution is 0.528. The molecule has 1 aromatic carbocycles. The molecule has 0 saturated carbocycles. The highest BCUT2D eigenvalue weighted by Gasteiger charge is 2.09. The van der Waals surface area contributed by atoms with Crippen LogP contribution in [0.3, 0.4) is 0 Å². The fourth-order valence-corrected chi connectivity index (χ4v) is 2.82. The van der Waals surface area contributed by atoms with Gasteiger partial charge in [0, 0.05) is 30.4 Å². The summed E-state index contributed by atoms with van der Waals surface area (Å²) in [7, 11) is 1.70. The number of hydrogen-bond acceptors (Lipinski definition) is 3. The highest BCUT2D eigenvalue weighted by molar-refractivity contribution is 5.87. The smallest absolute Gasteiger partial charge is 0.408 e. The maximum Gasteiger partial charge on any atom is 0.419 e. The van der Waals surface area contributed by atoms with Crippen molar-refractivity contribution in [2.24, 2.45) is 7.05 Å². The second kappa shape index (κ2) is 4.59. The number of oxazole rings is 1. The van der Waals surface area contributed by atoms with E-state index in [1.54, 1.807) is 7.05 Å². The van der Waals surface area contributed by atoms with E-state index >= 15 is 0 Å². The van der Waals surface area contributed by atoms with Crippen molar-refractivity contribution in [2.75, 3.05) is 0 Å². The summed E-state index contributed by atoms with van der Waals surface area (Å²) in [4.78, 5) is 19.2. The maximum atomic E-state index is 11.6. The zero-order chi connectivity index (χ0) is 15.3. The Morgan fingerprint density at radius 3 is 2.95 bits per heavy atom. The Balaban J connectivity index is 1.92. The third-order valence-corrected chi connectivity index (χ3v) is 4.12. The molecule has 0 unspecified atom stereocenters. The normalized spacial score (nSPS) is 11.5. The summed E-state index contributed by atoms with van der Waals surface area (Å²) >= 11 is 0. The third kappa shape index (κ3) is 1.79. The van der Waals surface area contributed by atoms with Gasteiger partial charge in [0.1, 0.15) is 5.65 Å². The first kappa shape index (κ1) is 12.9. The number of aryl methyl sites for hydroxylation is 2. The van der Waals surface area contributed by atoms with Crippen LogP contribution in [0.25, 0.3) is 33.3 Å². The monoisotopic (exact) mass is 293 g/mol. The summed E-state index contributed by atoms with van der Waals surface area (Å²) in [6.07, 6.45) is 4.79. The number of rotatable bonds is 2. The van der Waals surface area contributed by atoms with Gasteiger partial charge >= 0.3 is 5.76 Å². The van der Waals surface area contributed by atoms with Crippen molar-refractivity contribution >= 4 is 22.1 Å². The van der Waals surface area contributed by atoms with Gasteiger partial charge in [-0.1, -0.05) is 13.0 Å². The van der Waals surface area contributed by atoms with Crippen LogP contribution in [0.1, 0.15) is 12.5 Å². The molecule has 0 aliphatic heterocycles. The van der Waals surface area contributed by atoms with Gasteiger partial charge in [-0.05, 0) is 35.7 Å². The number of nitrogens with one attached hydrogen (secondary N) is 1. The standard InChI is InChI=1S/C17H15N3O2/c1-3-10-8-18-16-13(10)6-12(9-19-16)11-4-5-14-15(7-11)22-17(21)20(14)2/h4-9H,3H2,1-2H3,(H,18,19). The molecular weight excluding hydrogens is 278 g/mol. The predicted octanol–water partition coefficient (Wildman–Crippen LogP) is 3.24. The fourth-order valence-electron chi connectivity index (χ4n) is 2.82. The number of H-pyrrole nitrogens is 1. The van der Waals surface area contributed by atoms with Crippen LogP contribution in [-0.4, -0.2) is 14.5 Å². The van der Waals surface area contributed by atoms with Crippen molar-refractivity contribution in [3.63, 3.8) is 0 Å². The van der Waals surface area contributed by atoms with Gasteiger partial charge in [0.25, 0.3) is 0 Å². The zero-order valence-electron chi connectivity index (χ0n) is 12.4. The highest BCUT2D eigenvalue weighted by Crippen LogP contribution is 2.27. The molecule has 4 rings (SSSR count). The molecular formula is C17H15N3O2. The Labute approximate surface area is 126 Å². The van der Waals surface area contributed by atoms with Gasteiger partial charge in [0.2, 0.25) is 0 Å². The number of hydrogen-bond donors (Lipinski definition) is 1. The first-order valence-corrected chi connectivity index (χ1v) is 7.23. The number of nitrogens with zero attached hydrogens (tertiary/aromatic N) is 2. The lowest BCUT2D eigenvalue weighted by Crippen LogP contribution is -2.08. The van der Waals surface area contributed by atoms with Crippen molar-refractivity contribution in [3.05, 3.63) is 52.8 Å². The van der Waals surface area contributed by atoms with E-state index in [4.69, 9.17) is 4.42 Å². The first-order valence-electron chi connectivity index (χ1n) is 7.23. The summed E-state index contributed by atoms with van der Waals surface area (Å²) in [6, 6.07) is 7.90. The van der Waals surface area contributed by atoms with E-state index in [0.717, 1.165) is 34.1 Å². The van der Waals surface area contributed by atoms with Gasteiger partial charge in [0.05, 0.1) is 5.52 Å². The second-order valence-corrected chi connectivity index (χ2v) is 5.40. The molecule has 0 aliphatic rings. The van der Waals surface area contributed by atoms with Crippen molar-refractivity contribution in [2.45, 2.75) is 13.3 Å². The van der Waals surface area contributed by atoms with E-state index in [-0.39, 0.29) is 5.76 Å². The van der Waals surface area contributed by atoms with Crippen LogP contribution in [0.5, 0.6) is 0 Å². The van der Waals surface area contributed by atoms with Crippen LogP contribution in [0.2, 0.25) is 0 Å². The molecule has 3 heterocycles. The maximum absolute atomic E-state index is 11.6. The number of pyridine rings is 1. The molecule has 0 amide bonds. The van der Waals surface area contributed by atoms with Gasteiger partial charge in [-0.2, -0.15) is 0 Å². The van der Waals surface area contributed by atoms with Gasteiger partial charge in [-0.3, -0.25) is 4.57 Å². The summed E-state index contributed by atoms with van der Waals surface area (Å²) in [5.41, 5.74) is 5.52. The minimum atomic E-state index is -0.348. The van der Waals surface area contributed by atoms with Crippen molar-refractivity contribution < 1.29 is 4.42 Å². The molecule has 0 radical (unpaired) electrons. The minimum Gasteiger partial charge on any atom is -0.408 e. The molecule has 0 aliphatic carbocycles. The van der Waals surface area contributed by atoms with E-state index in [1.165, 1.54) is 10.1 Å². The summed E-state index contributed by atoms with van der Waals surface area (Å²) in [5.74, 6) is -0.348. The molecule has 0 atom stereocenters. The SMILES string of the molecule is CCc1c[nH]c2ncc(-c3ccc4c(c3)oc(=O)n4C)cc12. The second-order valence-electron chi connectivity index (χ2n) is 5.40. The molecule has 3 aromatic heterocycles. The largest absolute Gasteiger partial charge is 0.419 e. The van der Waals surface area contributed by atoms with Gasteiger partial charge in [-0.15, -0.1) is 0 Å². The lowest BCUT2D eigenvalue weighted by Gasteiger charge is -2.03. The Bertz CT molecular complexity index is 1050. The quantitative estimate of drug-likeness (QED) is 0.617. The van der Waals surface area contributed by atoms with E-state index in [9.17, 15) is 4.79 Å². The van der Waals surface area contributed by atoms with Crippen LogP contribution in [-0.2, 0) is 13.5 Å². The zero-order valence-corrected chi connectivity index (χ0v) is 12.4. The number of benzene rings is 1. The Hall–Kier alpha value is -2.82. The van der Waals surface area contributed by atoms with E-state index in [1.807, 2.05) is 30.6 Å². The van der Waals surface area contributed by atoms with E-state index in [2.05, 4.69) is 23.0 Å². The molecule has 0 bridgehead atoms. The lowest BCUT2D eigenvalue weighted by atomic mass is 10.0. The average Bonchev–Trinajstić information content (AvgIpc) is 3.07. The van der Waals surface area contributed by atoms with Crippen molar-refractivity contribution in [1.82, 2.24) is 14.5 Å². The highest BCUT2D eigenvalue weighted by atomic mass is 16.4. The van der Waals surface area contributed by atoms with Crippen LogP contribution in [0.15, 0.2) is 45.9 Å². The Kier molecular flexibility index (Phi) is 2.69. The van der Waals surface area contributed by atoms with Crippen LogP contribution < -0.4 is 5.76 Å². The predicted molar refractivity (Wildman–Crippen MR) is 85.9 cm³/mol. The summed E-state index contributed by atoms with van der Waals surface area (Å²) in [5, 5.41) is 1.13. The van der Waals surface area contributed by atoms with Crippen LogP contribution >= 0.6 is 0 Å².